The molecular formula is C26H24N6S. The summed E-state index contributed by atoms with van der Waals surface area (Å²) in [6, 6.07) is 26.0. The van der Waals surface area contributed by atoms with Crippen molar-refractivity contribution in [2.24, 2.45) is 10.8 Å². The lowest BCUT2D eigenvalue weighted by Gasteiger charge is -2.21. The molecule has 1 aliphatic heterocycles. The fourth-order valence-corrected chi connectivity index (χ4v) is 4.26. The second-order valence-electron chi connectivity index (χ2n) is 8.15. The number of hydrogen-bond acceptors (Lipinski definition) is 4. The molecule has 1 aromatic heterocycles. The maximum Gasteiger partial charge on any atom is 0.187 e. The SMILES string of the molecule is Cc1ccc(-n2cc(C3CC(c4ccc(N)cc4)=NN3C(N)=S)c(-c3ccccc3)n2)cc1. The van der Waals surface area contributed by atoms with E-state index < -0.39 is 0 Å². The van der Waals surface area contributed by atoms with Gasteiger partial charge >= 0.3 is 0 Å². The number of aryl methyl sites for hydroxylation is 1. The lowest BCUT2D eigenvalue weighted by atomic mass is 9.96. The zero-order valence-corrected chi connectivity index (χ0v) is 19.0. The summed E-state index contributed by atoms with van der Waals surface area (Å²) in [6.45, 7) is 2.07. The van der Waals surface area contributed by atoms with Gasteiger partial charge in [0.1, 0.15) is 0 Å². The van der Waals surface area contributed by atoms with E-state index >= 15 is 0 Å². The molecule has 1 atom stereocenters. The van der Waals surface area contributed by atoms with Gasteiger partial charge in [0.05, 0.1) is 23.1 Å². The Balaban J connectivity index is 1.60. The molecule has 1 aliphatic rings. The minimum Gasteiger partial charge on any atom is -0.399 e. The van der Waals surface area contributed by atoms with Gasteiger partial charge in [0.2, 0.25) is 0 Å². The molecule has 3 aromatic carbocycles. The van der Waals surface area contributed by atoms with Gasteiger partial charge in [0.25, 0.3) is 0 Å². The van der Waals surface area contributed by atoms with Crippen LogP contribution in [0, 0.1) is 6.92 Å². The summed E-state index contributed by atoms with van der Waals surface area (Å²) in [4.78, 5) is 0. The molecule has 0 fully saturated rings. The molecule has 0 radical (unpaired) electrons. The minimum absolute atomic E-state index is 0.163. The molecule has 0 saturated carbocycles. The van der Waals surface area contributed by atoms with E-state index in [2.05, 4.69) is 49.5 Å². The van der Waals surface area contributed by atoms with Crippen LogP contribution in [0.3, 0.4) is 0 Å². The molecule has 6 nitrogen and oxygen atoms in total. The van der Waals surface area contributed by atoms with Crippen molar-refractivity contribution in [3.63, 3.8) is 0 Å². The van der Waals surface area contributed by atoms with E-state index in [1.165, 1.54) is 5.56 Å². The second-order valence-corrected chi connectivity index (χ2v) is 8.57. The molecule has 0 aliphatic carbocycles. The normalized spacial score (nSPS) is 15.5. The highest BCUT2D eigenvalue weighted by Crippen LogP contribution is 2.38. The Labute approximate surface area is 198 Å². The van der Waals surface area contributed by atoms with Crippen molar-refractivity contribution in [2.45, 2.75) is 19.4 Å². The predicted octanol–water partition coefficient (Wildman–Crippen LogP) is 4.82. The highest BCUT2D eigenvalue weighted by Gasteiger charge is 2.34. The Kier molecular flexibility index (Phi) is 5.40. The quantitative estimate of drug-likeness (QED) is 0.342. The molecule has 0 spiro atoms. The average molecular weight is 453 g/mol. The first-order valence-electron chi connectivity index (χ1n) is 10.7. The molecule has 0 amide bonds. The molecule has 0 saturated heterocycles. The number of benzene rings is 3. The highest BCUT2D eigenvalue weighted by molar-refractivity contribution is 7.80. The van der Waals surface area contributed by atoms with E-state index in [4.69, 9.17) is 33.9 Å². The van der Waals surface area contributed by atoms with Crippen LogP contribution in [0.15, 0.2) is 90.2 Å². The first kappa shape index (κ1) is 20.9. The number of aromatic nitrogens is 2. The van der Waals surface area contributed by atoms with Gasteiger partial charge in [0, 0.05) is 29.4 Å². The van der Waals surface area contributed by atoms with Crippen molar-refractivity contribution in [3.05, 3.63) is 102 Å². The number of thiocarbonyl (C=S) groups is 1. The summed E-state index contributed by atoms with van der Waals surface area (Å²) in [5.41, 5.74) is 19.7. The van der Waals surface area contributed by atoms with Crippen molar-refractivity contribution in [1.29, 1.82) is 0 Å². The smallest absolute Gasteiger partial charge is 0.187 e. The molecule has 2 heterocycles. The standard InChI is InChI=1S/C26H24N6S/c1-17-7-13-21(14-8-17)31-16-22(25(30-31)19-5-3-2-4-6-19)24-15-23(29-32(24)26(28)33)18-9-11-20(27)12-10-18/h2-14,16,24H,15,27H2,1H3,(H2,28,33). The van der Waals surface area contributed by atoms with Gasteiger partial charge in [-0.15, -0.1) is 0 Å². The van der Waals surface area contributed by atoms with Crippen LogP contribution in [0.5, 0.6) is 0 Å². The molecular weight excluding hydrogens is 428 g/mol. The van der Waals surface area contributed by atoms with Crippen molar-refractivity contribution in [2.75, 3.05) is 5.73 Å². The Morgan fingerprint density at radius 3 is 2.30 bits per heavy atom. The molecule has 0 bridgehead atoms. The number of nitrogens with zero attached hydrogens (tertiary/aromatic N) is 4. The Morgan fingerprint density at radius 1 is 0.939 bits per heavy atom. The fraction of sp³-hybridized carbons (Fsp3) is 0.115. The Morgan fingerprint density at radius 2 is 1.64 bits per heavy atom. The van der Waals surface area contributed by atoms with Crippen LogP contribution in [0.4, 0.5) is 5.69 Å². The number of nitrogen functional groups attached to an aromatic ring is 1. The van der Waals surface area contributed by atoms with Gasteiger partial charge in [-0.3, -0.25) is 0 Å². The van der Waals surface area contributed by atoms with Crippen molar-refractivity contribution >= 4 is 28.7 Å². The first-order chi connectivity index (χ1) is 16.0. The number of nitrogens with two attached hydrogens (primary N) is 2. The Bertz CT molecular complexity index is 1320. The van der Waals surface area contributed by atoms with Crippen LogP contribution in [0.25, 0.3) is 16.9 Å². The topological polar surface area (TPSA) is 85.5 Å². The van der Waals surface area contributed by atoms with Crippen LogP contribution in [-0.4, -0.2) is 25.6 Å². The number of hydrazone groups is 1. The lowest BCUT2D eigenvalue weighted by molar-refractivity contribution is 0.373. The predicted molar refractivity (Wildman–Crippen MR) is 137 cm³/mol. The van der Waals surface area contributed by atoms with Gasteiger partial charge in [-0.25, -0.2) is 9.69 Å². The van der Waals surface area contributed by atoms with E-state index in [9.17, 15) is 0 Å². The zero-order valence-electron chi connectivity index (χ0n) is 18.2. The second kappa shape index (κ2) is 8.52. The maximum absolute atomic E-state index is 6.12. The van der Waals surface area contributed by atoms with E-state index in [-0.39, 0.29) is 11.2 Å². The van der Waals surface area contributed by atoms with Crippen molar-refractivity contribution in [1.82, 2.24) is 14.8 Å². The van der Waals surface area contributed by atoms with Gasteiger partial charge in [-0.1, -0.05) is 60.2 Å². The summed E-state index contributed by atoms with van der Waals surface area (Å²) in [7, 11) is 0. The average Bonchev–Trinajstić information content (AvgIpc) is 3.46. The summed E-state index contributed by atoms with van der Waals surface area (Å²) < 4.78 is 1.91. The van der Waals surface area contributed by atoms with Crippen LogP contribution in [0.2, 0.25) is 0 Å². The van der Waals surface area contributed by atoms with E-state index in [1.807, 2.05) is 47.1 Å². The highest BCUT2D eigenvalue weighted by atomic mass is 32.1. The molecule has 164 valence electrons. The third-order valence-corrected chi connectivity index (χ3v) is 6.01. The molecule has 5 rings (SSSR count). The number of anilines is 1. The van der Waals surface area contributed by atoms with Gasteiger partial charge in [0.15, 0.2) is 5.11 Å². The lowest BCUT2D eigenvalue weighted by Crippen LogP contribution is -2.31. The Hall–Kier alpha value is -3.97. The molecule has 7 heteroatoms. The summed E-state index contributed by atoms with van der Waals surface area (Å²) >= 11 is 5.38. The third-order valence-electron chi connectivity index (χ3n) is 5.83. The van der Waals surface area contributed by atoms with Gasteiger partial charge < -0.3 is 11.5 Å². The summed E-state index contributed by atoms with van der Waals surface area (Å²) in [5, 5.41) is 11.7. The van der Waals surface area contributed by atoms with Crippen LogP contribution < -0.4 is 11.5 Å². The van der Waals surface area contributed by atoms with E-state index in [0.29, 0.717) is 12.1 Å². The van der Waals surface area contributed by atoms with E-state index in [0.717, 1.165) is 33.8 Å². The number of hydrogen-bond donors (Lipinski definition) is 2. The molecule has 4 aromatic rings. The van der Waals surface area contributed by atoms with E-state index in [1.54, 1.807) is 5.01 Å². The fourth-order valence-electron chi connectivity index (χ4n) is 4.09. The first-order valence-corrected chi connectivity index (χ1v) is 11.1. The van der Waals surface area contributed by atoms with Crippen LogP contribution >= 0.6 is 12.2 Å². The van der Waals surface area contributed by atoms with Crippen LogP contribution in [-0.2, 0) is 0 Å². The number of rotatable bonds is 4. The molecule has 1 unspecified atom stereocenters. The van der Waals surface area contributed by atoms with Crippen molar-refractivity contribution in [3.8, 4) is 16.9 Å². The maximum atomic E-state index is 6.12. The zero-order chi connectivity index (χ0) is 22.9. The summed E-state index contributed by atoms with van der Waals surface area (Å²) in [6.07, 6.45) is 2.71. The van der Waals surface area contributed by atoms with Crippen LogP contribution in [0.1, 0.15) is 29.2 Å². The van der Waals surface area contributed by atoms with Gasteiger partial charge in [-0.05, 0) is 49.0 Å². The van der Waals surface area contributed by atoms with Gasteiger partial charge in [-0.2, -0.15) is 10.2 Å². The monoisotopic (exact) mass is 452 g/mol. The summed E-state index contributed by atoms with van der Waals surface area (Å²) in [5.74, 6) is 0. The minimum atomic E-state index is -0.163. The van der Waals surface area contributed by atoms with Crippen molar-refractivity contribution < 1.29 is 0 Å². The molecule has 4 N–H and O–H groups in total. The largest absolute Gasteiger partial charge is 0.399 e. The molecule has 33 heavy (non-hydrogen) atoms. The third kappa shape index (κ3) is 4.10.